The van der Waals surface area contributed by atoms with E-state index in [-0.39, 0.29) is 12.8 Å². The van der Waals surface area contributed by atoms with Crippen LogP contribution in [0.5, 0.6) is 0 Å². The van der Waals surface area contributed by atoms with Crippen LogP contribution in [-0.4, -0.2) is 11.9 Å². The van der Waals surface area contributed by atoms with Gasteiger partial charge in [0.25, 0.3) is 0 Å². The number of hydrogen-bond acceptors (Lipinski definition) is 5. The van der Waals surface area contributed by atoms with Crippen LogP contribution in [0.3, 0.4) is 0 Å². The maximum Gasteiger partial charge on any atom is 0.811 e. The van der Waals surface area contributed by atoms with Crippen molar-refractivity contribution >= 4 is 20.2 Å². The molecule has 0 fully saturated rings. The molecule has 0 N–H and O–H groups in total. The summed E-state index contributed by atoms with van der Waals surface area (Å²) in [6, 6.07) is 0. The fourth-order valence-corrected chi connectivity index (χ4v) is 3.28. The molecule has 5 nitrogen and oxygen atoms in total. The number of hydrogen-bond donors (Lipinski definition) is 0. The minimum absolute atomic E-state index is 0.226. The molecular weight excluding hydrogens is 351 g/mol. The minimum Gasteiger partial charge on any atom is -0.247 e. The molecule has 0 unspecified atom stereocenters. The van der Waals surface area contributed by atoms with Gasteiger partial charge in [-0.3, -0.25) is 0 Å². The van der Waals surface area contributed by atoms with E-state index in [1.165, 1.54) is 51.4 Å². The van der Waals surface area contributed by atoms with Gasteiger partial charge < -0.3 is 0 Å². The highest BCUT2D eigenvalue weighted by Gasteiger charge is 2.30. The third kappa shape index (κ3) is 17.8. The Bertz CT molecular complexity index is 350. The molecule has 0 spiro atoms. The normalized spacial score (nSPS) is 10.5. The van der Waals surface area contributed by atoms with Crippen molar-refractivity contribution < 1.29 is 23.2 Å². The lowest BCUT2D eigenvalue weighted by atomic mass is 10.1. The monoisotopic (exact) mass is 389 g/mol. The Kier molecular flexibility index (Phi) is 18.1. The van der Waals surface area contributed by atoms with Gasteiger partial charge in [-0.1, -0.05) is 90.9 Å². The summed E-state index contributed by atoms with van der Waals surface area (Å²) >= 11 is 0. The van der Waals surface area contributed by atoms with E-state index >= 15 is 0 Å². The third-order valence-corrected chi connectivity index (χ3v) is 5.03. The quantitative estimate of drug-likeness (QED) is 0.186. The van der Waals surface area contributed by atoms with E-state index in [2.05, 4.69) is 22.9 Å². The first-order valence-corrected chi connectivity index (χ1v) is 11.6. The van der Waals surface area contributed by atoms with Gasteiger partial charge >= 0.3 is 20.2 Å². The smallest absolute Gasteiger partial charge is 0.247 e. The van der Waals surface area contributed by atoms with Gasteiger partial charge in [-0.2, -0.15) is 9.05 Å². The Hall–Kier alpha value is -0.960. The van der Waals surface area contributed by atoms with Crippen molar-refractivity contribution in [3.05, 3.63) is 0 Å². The summed E-state index contributed by atoms with van der Waals surface area (Å²) in [5.41, 5.74) is 0. The first kappa shape index (κ1) is 25.0. The van der Waals surface area contributed by atoms with Crippen molar-refractivity contribution in [2.45, 2.75) is 117 Å². The summed E-state index contributed by atoms with van der Waals surface area (Å²) in [6.07, 6.45) is 15.8. The predicted molar refractivity (Wildman–Crippen MR) is 105 cm³/mol. The SMILES string of the molecule is CCCCCCCCCC(=O)O[P+](=O)OC(=O)CCCCCCCCC. The van der Waals surface area contributed by atoms with Crippen LogP contribution in [0, 0.1) is 0 Å². The molecule has 0 atom stereocenters. The van der Waals surface area contributed by atoms with Crippen molar-refractivity contribution in [1.82, 2.24) is 0 Å². The van der Waals surface area contributed by atoms with E-state index in [4.69, 9.17) is 0 Å². The molecule has 0 aliphatic heterocycles. The average molecular weight is 389 g/mol. The fourth-order valence-electron chi connectivity index (χ4n) is 2.73. The Morgan fingerprint density at radius 2 is 0.885 bits per heavy atom. The van der Waals surface area contributed by atoms with Crippen LogP contribution in [-0.2, 0) is 23.2 Å². The van der Waals surface area contributed by atoms with E-state index in [1.54, 1.807) is 0 Å². The summed E-state index contributed by atoms with van der Waals surface area (Å²) < 4.78 is 20.9. The predicted octanol–water partition coefficient (Wildman–Crippen LogP) is 7.01. The highest BCUT2D eigenvalue weighted by atomic mass is 31.1. The molecule has 0 heterocycles. The van der Waals surface area contributed by atoms with Gasteiger partial charge in [0.15, 0.2) is 0 Å². The number of rotatable bonds is 18. The molecule has 0 aliphatic rings. The van der Waals surface area contributed by atoms with Gasteiger partial charge in [-0.05, 0) is 12.8 Å². The van der Waals surface area contributed by atoms with E-state index in [0.29, 0.717) is 0 Å². The lowest BCUT2D eigenvalue weighted by Gasteiger charge is -1.99. The Labute approximate surface area is 160 Å². The second-order valence-electron chi connectivity index (χ2n) is 6.89. The first-order valence-electron chi connectivity index (χ1n) is 10.5. The van der Waals surface area contributed by atoms with E-state index in [0.717, 1.165) is 38.5 Å². The molecule has 0 aromatic carbocycles. The largest absolute Gasteiger partial charge is 0.811 e. The van der Waals surface area contributed by atoms with Crippen molar-refractivity contribution in [3.63, 3.8) is 0 Å². The summed E-state index contributed by atoms with van der Waals surface area (Å²) in [6.45, 7) is 4.36. The lowest BCUT2D eigenvalue weighted by Crippen LogP contribution is -2.03. The second kappa shape index (κ2) is 18.8. The highest BCUT2D eigenvalue weighted by molar-refractivity contribution is 7.34. The molecule has 0 aliphatic carbocycles. The molecule has 26 heavy (non-hydrogen) atoms. The zero-order valence-electron chi connectivity index (χ0n) is 16.8. The molecule has 0 bridgehead atoms. The number of carbonyl (C=O) groups is 2. The standard InChI is InChI=1S/C20H38O5P/c1-3-5-7-9-11-13-15-17-19(21)24-26(23)25-20(22)18-16-14-12-10-8-6-4-2/h3-18H2,1-2H3/q+1. The summed E-state index contributed by atoms with van der Waals surface area (Å²) in [5.74, 6) is -1.10. The zero-order chi connectivity index (χ0) is 19.5. The van der Waals surface area contributed by atoms with E-state index in [9.17, 15) is 14.2 Å². The molecule has 6 heteroatoms. The molecular formula is C20H38O5P+. The van der Waals surface area contributed by atoms with Crippen LogP contribution in [0.1, 0.15) is 117 Å². The third-order valence-electron chi connectivity index (χ3n) is 4.32. The summed E-state index contributed by atoms with van der Waals surface area (Å²) in [4.78, 5) is 23.1. The molecule has 0 aromatic heterocycles. The molecule has 0 rings (SSSR count). The zero-order valence-corrected chi connectivity index (χ0v) is 17.7. The number of carbonyl (C=O) groups excluding carboxylic acids is 2. The Morgan fingerprint density at radius 3 is 1.23 bits per heavy atom. The average Bonchev–Trinajstić information content (AvgIpc) is 2.60. The molecule has 0 saturated heterocycles. The van der Waals surface area contributed by atoms with Crippen LogP contribution in [0.25, 0.3) is 0 Å². The number of unbranched alkanes of at least 4 members (excludes halogenated alkanes) is 12. The fraction of sp³-hybridized carbons (Fsp3) is 0.900. The first-order chi connectivity index (χ1) is 12.6. The Morgan fingerprint density at radius 1 is 0.577 bits per heavy atom. The summed E-state index contributed by atoms with van der Waals surface area (Å²) in [7, 11) is -2.67. The molecule has 0 radical (unpaired) electrons. The van der Waals surface area contributed by atoms with Gasteiger partial charge in [0.05, 0.1) is 12.8 Å². The van der Waals surface area contributed by atoms with Gasteiger partial charge in [0.1, 0.15) is 0 Å². The van der Waals surface area contributed by atoms with Crippen molar-refractivity contribution in [3.8, 4) is 0 Å². The van der Waals surface area contributed by atoms with Crippen LogP contribution < -0.4 is 0 Å². The second-order valence-corrected chi connectivity index (χ2v) is 7.71. The summed E-state index contributed by atoms with van der Waals surface area (Å²) in [5, 5.41) is 0. The van der Waals surface area contributed by atoms with Crippen LogP contribution in [0.2, 0.25) is 0 Å². The van der Waals surface area contributed by atoms with E-state index in [1.807, 2.05) is 0 Å². The van der Waals surface area contributed by atoms with Crippen molar-refractivity contribution in [1.29, 1.82) is 0 Å². The van der Waals surface area contributed by atoms with Crippen LogP contribution >= 0.6 is 8.25 Å². The molecule has 152 valence electrons. The van der Waals surface area contributed by atoms with Gasteiger partial charge in [-0.15, -0.1) is 0 Å². The Balaban J connectivity index is 3.55. The highest BCUT2D eigenvalue weighted by Crippen LogP contribution is 2.26. The maximum absolute atomic E-state index is 11.6. The molecule has 0 saturated carbocycles. The van der Waals surface area contributed by atoms with Gasteiger partial charge in [0, 0.05) is 4.57 Å². The minimum atomic E-state index is -2.67. The van der Waals surface area contributed by atoms with Crippen LogP contribution in [0.15, 0.2) is 0 Å². The lowest BCUT2D eigenvalue weighted by molar-refractivity contribution is -0.138. The van der Waals surface area contributed by atoms with Gasteiger partial charge in [-0.25, -0.2) is 9.59 Å². The topological polar surface area (TPSA) is 69.7 Å². The van der Waals surface area contributed by atoms with Crippen molar-refractivity contribution in [2.24, 2.45) is 0 Å². The molecule has 0 amide bonds. The molecule has 0 aromatic rings. The maximum atomic E-state index is 11.6. The van der Waals surface area contributed by atoms with E-state index < -0.39 is 20.2 Å². The van der Waals surface area contributed by atoms with Gasteiger partial charge in [0.2, 0.25) is 0 Å². The van der Waals surface area contributed by atoms with Crippen molar-refractivity contribution in [2.75, 3.05) is 0 Å². The van der Waals surface area contributed by atoms with Crippen LogP contribution in [0.4, 0.5) is 0 Å².